The Labute approximate surface area is 190 Å². The number of nitrogens with zero attached hydrogens (tertiary/aromatic N) is 1. The normalized spacial score (nSPS) is 17.6. The summed E-state index contributed by atoms with van der Waals surface area (Å²) in [5.74, 6) is -0.429. The number of methoxy groups -OCH3 is 1. The van der Waals surface area contributed by atoms with E-state index in [0.29, 0.717) is 22.6 Å². The molecule has 6 nitrogen and oxygen atoms in total. The first kappa shape index (κ1) is 20.6. The number of furan rings is 1. The summed E-state index contributed by atoms with van der Waals surface area (Å²) in [5.41, 5.74) is 1.21. The molecule has 164 valence electrons. The molecule has 0 aliphatic carbocycles. The summed E-state index contributed by atoms with van der Waals surface area (Å²) in [6, 6.07) is 23.0. The fourth-order valence-electron chi connectivity index (χ4n) is 4.24. The number of rotatable bonds is 5. The average Bonchev–Trinajstić information content (AvgIpc) is 3.46. The Kier molecular flexibility index (Phi) is 5.18. The lowest BCUT2D eigenvalue weighted by Crippen LogP contribution is -2.29. The molecular weight excluding hydrogens is 418 g/mol. The fourth-order valence-corrected chi connectivity index (χ4v) is 4.24. The van der Waals surface area contributed by atoms with Crippen LogP contribution in [0.2, 0.25) is 0 Å². The molecule has 1 aliphatic heterocycles. The van der Waals surface area contributed by atoms with Crippen molar-refractivity contribution >= 4 is 28.2 Å². The van der Waals surface area contributed by atoms with Crippen LogP contribution in [-0.2, 0) is 16.1 Å². The van der Waals surface area contributed by atoms with Crippen LogP contribution in [0.4, 0.5) is 0 Å². The Hall–Kier alpha value is -4.32. The molecule has 2 heterocycles. The maximum atomic E-state index is 13.2. The van der Waals surface area contributed by atoms with Crippen LogP contribution in [0, 0.1) is 0 Å². The van der Waals surface area contributed by atoms with Gasteiger partial charge in [0.1, 0.15) is 17.3 Å². The van der Waals surface area contributed by atoms with Crippen LogP contribution in [0.3, 0.4) is 0 Å². The molecule has 33 heavy (non-hydrogen) atoms. The Balaban J connectivity index is 1.66. The van der Waals surface area contributed by atoms with Gasteiger partial charge < -0.3 is 19.2 Å². The van der Waals surface area contributed by atoms with Gasteiger partial charge in [0.05, 0.1) is 31.5 Å². The molecule has 5 rings (SSSR count). The largest absolute Gasteiger partial charge is 0.507 e. The molecule has 1 atom stereocenters. The first-order valence-electron chi connectivity index (χ1n) is 10.5. The molecule has 6 heteroatoms. The highest BCUT2D eigenvalue weighted by Crippen LogP contribution is 2.41. The monoisotopic (exact) mass is 439 g/mol. The van der Waals surface area contributed by atoms with Crippen molar-refractivity contribution in [1.29, 1.82) is 0 Å². The number of aliphatic hydroxyl groups is 1. The smallest absolute Gasteiger partial charge is 0.296 e. The van der Waals surface area contributed by atoms with E-state index in [2.05, 4.69) is 0 Å². The zero-order valence-electron chi connectivity index (χ0n) is 17.9. The van der Waals surface area contributed by atoms with Crippen LogP contribution in [-0.4, -0.2) is 28.8 Å². The van der Waals surface area contributed by atoms with Gasteiger partial charge in [-0.1, -0.05) is 48.5 Å². The summed E-state index contributed by atoms with van der Waals surface area (Å²) in [4.78, 5) is 27.7. The molecule has 4 aromatic rings. The molecule has 1 saturated heterocycles. The van der Waals surface area contributed by atoms with Crippen molar-refractivity contribution < 1.29 is 23.8 Å². The predicted molar refractivity (Wildman–Crippen MR) is 123 cm³/mol. The predicted octanol–water partition coefficient (Wildman–Crippen LogP) is 5.06. The topological polar surface area (TPSA) is 80.0 Å². The average molecular weight is 439 g/mol. The minimum atomic E-state index is -0.771. The van der Waals surface area contributed by atoms with Crippen LogP contribution in [0.5, 0.6) is 5.75 Å². The summed E-state index contributed by atoms with van der Waals surface area (Å²) < 4.78 is 10.7. The Bertz CT molecular complexity index is 1370. The van der Waals surface area contributed by atoms with Crippen LogP contribution in [0.1, 0.15) is 22.9 Å². The van der Waals surface area contributed by atoms with Gasteiger partial charge in [-0.3, -0.25) is 9.59 Å². The summed E-state index contributed by atoms with van der Waals surface area (Å²) >= 11 is 0. The number of Topliss-reactive ketones (excluding diaryl/α,β-unsaturated/α-hetero) is 1. The maximum Gasteiger partial charge on any atom is 0.296 e. The van der Waals surface area contributed by atoms with Gasteiger partial charge in [0.15, 0.2) is 0 Å². The Morgan fingerprint density at radius 1 is 0.970 bits per heavy atom. The van der Waals surface area contributed by atoms with Gasteiger partial charge >= 0.3 is 0 Å². The number of carbonyl (C=O) groups excluding carboxylic acids is 2. The lowest BCUT2D eigenvalue weighted by Gasteiger charge is -2.24. The van der Waals surface area contributed by atoms with Gasteiger partial charge in [-0.05, 0) is 46.7 Å². The number of fused-ring (bicyclic) bond motifs is 1. The van der Waals surface area contributed by atoms with E-state index in [9.17, 15) is 14.7 Å². The minimum Gasteiger partial charge on any atom is -0.507 e. The van der Waals surface area contributed by atoms with Gasteiger partial charge in [-0.2, -0.15) is 0 Å². The van der Waals surface area contributed by atoms with Crippen LogP contribution < -0.4 is 4.74 Å². The van der Waals surface area contributed by atoms with Crippen molar-refractivity contribution in [2.24, 2.45) is 0 Å². The second kappa shape index (κ2) is 8.31. The number of amides is 1. The third-order valence-electron chi connectivity index (χ3n) is 5.90. The highest BCUT2D eigenvalue weighted by atomic mass is 16.5. The molecule has 1 unspecified atom stereocenters. The number of aliphatic hydroxyl groups excluding tert-OH is 1. The third-order valence-corrected chi connectivity index (χ3v) is 5.90. The standard InChI is InChI=1S/C27H21NO5/c1-32-21-12-10-18(11-13-21)24-23(26(30)27(31)28(24)16-22-7-4-14-33-22)25(29)20-9-8-17-5-2-3-6-19(17)15-20/h2-15,24,29H,16H2,1H3/b25-23-. The fraction of sp³-hybridized carbons (Fsp3) is 0.111. The van der Waals surface area contributed by atoms with Crippen molar-refractivity contribution in [3.63, 3.8) is 0 Å². The van der Waals surface area contributed by atoms with Crippen LogP contribution in [0.15, 0.2) is 95.1 Å². The van der Waals surface area contributed by atoms with E-state index in [0.717, 1.165) is 10.8 Å². The van der Waals surface area contributed by atoms with E-state index in [-0.39, 0.29) is 17.9 Å². The van der Waals surface area contributed by atoms with Crippen LogP contribution >= 0.6 is 0 Å². The molecule has 0 spiro atoms. The number of ether oxygens (including phenoxy) is 1. The number of benzene rings is 3. The number of hydrogen-bond donors (Lipinski definition) is 1. The summed E-state index contributed by atoms with van der Waals surface area (Å²) in [7, 11) is 1.57. The maximum absolute atomic E-state index is 13.2. The number of carbonyl (C=O) groups is 2. The van der Waals surface area contributed by atoms with Crippen molar-refractivity contribution in [3.8, 4) is 5.75 Å². The van der Waals surface area contributed by atoms with Gasteiger partial charge in [0.25, 0.3) is 11.7 Å². The molecule has 1 fully saturated rings. The second-order valence-electron chi connectivity index (χ2n) is 7.84. The van der Waals surface area contributed by atoms with E-state index in [4.69, 9.17) is 9.15 Å². The Morgan fingerprint density at radius 2 is 1.73 bits per heavy atom. The molecule has 0 saturated carbocycles. The van der Waals surface area contributed by atoms with Crippen molar-refractivity contribution in [2.45, 2.75) is 12.6 Å². The third kappa shape index (κ3) is 3.65. The second-order valence-corrected chi connectivity index (χ2v) is 7.84. The Morgan fingerprint density at radius 3 is 2.42 bits per heavy atom. The summed E-state index contributed by atoms with van der Waals surface area (Å²) in [5, 5.41) is 13.2. The number of ketones is 1. The van der Waals surface area contributed by atoms with E-state index in [1.807, 2.05) is 36.4 Å². The lowest BCUT2D eigenvalue weighted by atomic mass is 9.94. The number of hydrogen-bond acceptors (Lipinski definition) is 5. The first-order chi connectivity index (χ1) is 16.1. The highest BCUT2D eigenvalue weighted by molar-refractivity contribution is 6.46. The van der Waals surface area contributed by atoms with Crippen molar-refractivity contribution in [2.75, 3.05) is 7.11 Å². The van der Waals surface area contributed by atoms with Gasteiger partial charge in [-0.15, -0.1) is 0 Å². The van der Waals surface area contributed by atoms with Crippen molar-refractivity contribution in [3.05, 3.63) is 108 Å². The zero-order chi connectivity index (χ0) is 22.9. The SMILES string of the molecule is COc1ccc(C2/C(=C(/O)c3ccc4ccccc4c3)C(=O)C(=O)N2Cc2ccco2)cc1. The number of likely N-dealkylation sites (tertiary alicyclic amines) is 1. The summed E-state index contributed by atoms with van der Waals surface area (Å²) in [6.45, 7) is 0.1000. The molecule has 0 bridgehead atoms. The van der Waals surface area contributed by atoms with E-state index < -0.39 is 17.7 Å². The molecule has 1 aromatic heterocycles. The highest BCUT2D eigenvalue weighted by Gasteiger charge is 2.46. The van der Waals surface area contributed by atoms with Gasteiger partial charge in [0.2, 0.25) is 0 Å². The molecule has 1 N–H and O–H groups in total. The summed E-state index contributed by atoms with van der Waals surface area (Å²) in [6.07, 6.45) is 1.52. The molecular formula is C27H21NO5. The minimum absolute atomic E-state index is 0.0482. The molecule has 1 aliphatic rings. The molecule has 0 radical (unpaired) electrons. The van der Waals surface area contributed by atoms with Crippen LogP contribution in [0.25, 0.3) is 16.5 Å². The molecule has 3 aromatic carbocycles. The van der Waals surface area contributed by atoms with Gasteiger partial charge in [-0.25, -0.2) is 0 Å². The zero-order valence-corrected chi connectivity index (χ0v) is 17.9. The first-order valence-corrected chi connectivity index (χ1v) is 10.5. The van der Waals surface area contributed by atoms with E-state index in [1.54, 1.807) is 49.6 Å². The molecule has 1 amide bonds. The van der Waals surface area contributed by atoms with E-state index in [1.165, 1.54) is 11.2 Å². The van der Waals surface area contributed by atoms with Crippen molar-refractivity contribution in [1.82, 2.24) is 4.90 Å². The lowest BCUT2D eigenvalue weighted by molar-refractivity contribution is -0.140. The van der Waals surface area contributed by atoms with Gasteiger partial charge in [0, 0.05) is 5.56 Å². The van der Waals surface area contributed by atoms with E-state index >= 15 is 0 Å². The quantitative estimate of drug-likeness (QED) is 0.267.